The van der Waals surface area contributed by atoms with Crippen LogP contribution in [0, 0.1) is 0 Å². The Balaban J connectivity index is 1.60. The van der Waals surface area contributed by atoms with Crippen LogP contribution in [0.1, 0.15) is 23.4 Å². The average Bonchev–Trinajstić information content (AvgIpc) is 3.28. The third kappa shape index (κ3) is 6.19. The van der Waals surface area contributed by atoms with Crippen molar-refractivity contribution in [2.24, 2.45) is 4.99 Å². The van der Waals surface area contributed by atoms with Crippen molar-refractivity contribution in [1.82, 2.24) is 15.1 Å². The Morgan fingerprint density at radius 1 is 1.28 bits per heavy atom. The van der Waals surface area contributed by atoms with E-state index in [1.165, 1.54) is 10.4 Å². The van der Waals surface area contributed by atoms with Gasteiger partial charge in [-0.15, -0.1) is 11.3 Å². The second kappa shape index (κ2) is 11.2. The minimum Gasteiger partial charge on any atom is -0.494 e. The summed E-state index contributed by atoms with van der Waals surface area (Å²) in [5.41, 5.74) is 1.22. The SMILES string of the molecule is CCOc1ccc(CN(C)C(=NC)NCC(c2cccs2)N2CCOCC2)cc1. The molecule has 0 aliphatic carbocycles. The largest absolute Gasteiger partial charge is 0.494 e. The molecule has 2 aromatic rings. The lowest BCUT2D eigenvalue weighted by Crippen LogP contribution is -2.46. The Morgan fingerprint density at radius 2 is 2.03 bits per heavy atom. The van der Waals surface area contributed by atoms with Crippen LogP contribution in [0.2, 0.25) is 0 Å². The molecule has 1 aliphatic heterocycles. The molecule has 0 spiro atoms. The van der Waals surface area contributed by atoms with E-state index in [0.29, 0.717) is 12.6 Å². The number of guanidine groups is 1. The summed E-state index contributed by atoms with van der Waals surface area (Å²) < 4.78 is 11.1. The molecule has 1 aromatic carbocycles. The number of aliphatic imine (C=N–C) groups is 1. The highest BCUT2D eigenvalue weighted by molar-refractivity contribution is 7.10. The van der Waals surface area contributed by atoms with Crippen LogP contribution in [0.3, 0.4) is 0 Å². The molecule has 0 saturated carbocycles. The number of hydrogen-bond donors (Lipinski definition) is 1. The lowest BCUT2D eigenvalue weighted by molar-refractivity contribution is 0.0176. The van der Waals surface area contributed by atoms with Gasteiger partial charge in [-0.1, -0.05) is 18.2 Å². The van der Waals surface area contributed by atoms with Crippen molar-refractivity contribution in [1.29, 1.82) is 0 Å². The van der Waals surface area contributed by atoms with Crippen molar-refractivity contribution < 1.29 is 9.47 Å². The maximum atomic E-state index is 5.54. The van der Waals surface area contributed by atoms with Crippen LogP contribution in [0.25, 0.3) is 0 Å². The molecule has 3 rings (SSSR count). The van der Waals surface area contributed by atoms with Gasteiger partial charge in [0.05, 0.1) is 25.9 Å². The van der Waals surface area contributed by atoms with Gasteiger partial charge in [-0.25, -0.2) is 0 Å². The molecule has 158 valence electrons. The predicted octanol–water partition coefficient (Wildman–Crippen LogP) is 3.23. The van der Waals surface area contributed by atoms with Crippen molar-refractivity contribution in [2.75, 3.05) is 53.6 Å². The van der Waals surface area contributed by atoms with Gasteiger partial charge < -0.3 is 19.7 Å². The summed E-state index contributed by atoms with van der Waals surface area (Å²) in [5.74, 6) is 1.81. The monoisotopic (exact) mass is 416 g/mol. The third-order valence-corrected chi connectivity index (χ3v) is 6.01. The number of ether oxygens (including phenoxy) is 2. The summed E-state index contributed by atoms with van der Waals surface area (Å²) in [6, 6.07) is 12.9. The fraction of sp³-hybridized carbons (Fsp3) is 0.500. The molecule has 0 radical (unpaired) electrons. The highest BCUT2D eigenvalue weighted by Crippen LogP contribution is 2.25. The molecule has 1 fully saturated rings. The first kappa shape index (κ1) is 21.6. The Hall–Kier alpha value is -2.09. The highest BCUT2D eigenvalue weighted by atomic mass is 32.1. The lowest BCUT2D eigenvalue weighted by atomic mass is 10.2. The molecule has 1 unspecified atom stereocenters. The van der Waals surface area contributed by atoms with E-state index in [4.69, 9.17) is 9.47 Å². The third-order valence-electron chi connectivity index (χ3n) is 5.04. The second-order valence-corrected chi connectivity index (χ2v) is 8.02. The van der Waals surface area contributed by atoms with Crippen LogP contribution in [-0.4, -0.2) is 69.3 Å². The van der Waals surface area contributed by atoms with Crippen molar-refractivity contribution in [3.8, 4) is 5.75 Å². The Bertz CT molecular complexity index is 743. The minimum atomic E-state index is 0.328. The lowest BCUT2D eigenvalue weighted by Gasteiger charge is -2.35. The first-order valence-corrected chi connectivity index (χ1v) is 11.1. The smallest absolute Gasteiger partial charge is 0.193 e. The van der Waals surface area contributed by atoms with E-state index in [0.717, 1.165) is 51.1 Å². The maximum absolute atomic E-state index is 5.54. The summed E-state index contributed by atoms with van der Waals surface area (Å²) in [4.78, 5) is 10.5. The normalized spacial score (nSPS) is 16.4. The van der Waals surface area contributed by atoms with Crippen molar-refractivity contribution in [3.05, 3.63) is 52.2 Å². The van der Waals surface area contributed by atoms with Crippen LogP contribution in [0.5, 0.6) is 5.75 Å². The van der Waals surface area contributed by atoms with Gasteiger partial charge in [-0.05, 0) is 36.1 Å². The number of nitrogens with one attached hydrogen (secondary N) is 1. The zero-order valence-corrected chi connectivity index (χ0v) is 18.5. The predicted molar refractivity (Wildman–Crippen MR) is 120 cm³/mol. The van der Waals surface area contributed by atoms with E-state index in [-0.39, 0.29) is 0 Å². The Labute approximate surface area is 178 Å². The van der Waals surface area contributed by atoms with Gasteiger partial charge in [-0.3, -0.25) is 9.89 Å². The quantitative estimate of drug-likeness (QED) is 0.529. The number of benzene rings is 1. The fourth-order valence-corrected chi connectivity index (χ4v) is 4.42. The van der Waals surface area contributed by atoms with Gasteiger partial charge in [0.1, 0.15) is 5.75 Å². The van der Waals surface area contributed by atoms with E-state index in [2.05, 4.69) is 56.8 Å². The van der Waals surface area contributed by atoms with E-state index in [1.807, 2.05) is 37.4 Å². The number of nitrogens with zero attached hydrogens (tertiary/aromatic N) is 3. The van der Waals surface area contributed by atoms with Crippen LogP contribution < -0.4 is 10.1 Å². The molecule has 6 nitrogen and oxygen atoms in total. The molecule has 1 saturated heterocycles. The van der Waals surface area contributed by atoms with Crippen LogP contribution in [-0.2, 0) is 11.3 Å². The molecule has 2 heterocycles. The Kier molecular flexibility index (Phi) is 8.34. The van der Waals surface area contributed by atoms with E-state index >= 15 is 0 Å². The number of rotatable bonds is 8. The minimum absolute atomic E-state index is 0.328. The van der Waals surface area contributed by atoms with Crippen molar-refractivity contribution >= 4 is 17.3 Å². The number of hydrogen-bond acceptors (Lipinski definition) is 5. The van der Waals surface area contributed by atoms with Gasteiger partial charge in [0, 0.05) is 45.2 Å². The number of morpholine rings is 1. The van der Waals surface area contributed by atoms with Gasteiger partial charge >= 0.3 is 0 Å². The van der Waals surface area contributed by atoms with Crippen molar-refractivity contribution in [3.63, 3.8) is 0 Å². The Morgan fingerprint density at radius 3 is 2.66 bits per heavy atom. The first-order valence-electron chi connectivity index (χ1n) is 10.2. The fourth-order valence-electron chi connectivity index (χ4n) is 3.56. The van der Waals surface area contributed by atoms with Gasteiger partial charge in [0.2, 0.25) is 0 Å². The summed E-state index contributed by atoms with van der Waals surface area (Å²) in [6.45, 7) is 7.81. The zero-order chi connectivity index (χ0) is 20.5. The molecule has 0 bridgehead atoms. The molecule has 29 heavy (non-hydrogen) atoms. The van der Waals surface area contributed by atoms with Gasteiger partial charge in [-0.2, -0.15) is 0 Å². The molecular formula is C22H32N4O2S. The zero-order valence-electron chi connectivity index (χ0n) is 17.6. The van der Waals surface area contributed by atoms with Gasteiger partial charge in [0.15, 0.2) is 5.96 Å². The molecule has 7 heteroatoms. The number of thiophene rings is 1. The summed E-state index contributed by atoms with van der Waals surface area (Å²) in [5, 5.41) is 5.73. The second-order valence-electron chi connectivity index (χ2n) is 7.04. The molecule has 0 amide bonds. The molecule has 1 N–H and O–H groups in total. The standard InChI is InChI=1S/C22H32N4O2S/c1-4-28-19-9-7-18(8-10-19)17-25(3)22(23-2)24-16-20(21-6-5-15-29-21)26-11-13-27-14-12-26/h5-10,15,20H,4,11-14,16-17H2,1-3H3,(H,23,24). The first-order chi connectivity index (χ1) is 14.2. The van der Waals surface area contributed by atoms with Crippen LogP contribution >= 0.6 is 11.3 Å². The molecule has 1 aliphatic rings. The summed E-state index contributed by atoms with van der Waals surface area (Å²) in [7, 11) is 3.91. The van der Waals surface area contributed by atoms with Crippen molar-refractivity contribution in [2.45, 2.75) is 19.5 Å². The van der Waals surface area contributed by atoms with Crippen LogP contribution in [0.15, 0.2) is 46.8 Å². The van der Waals surface area contributed by atoms with E-state index in [9.17, 15) is 0 Å². The summed E-state index contributed by atoms with van der Waals surface area (Å²) in [6.07, 6.45) is 0. The summed E-state index contributed by atoms with van der Waals surface area (Å²) >= 11 is 1.81. The van der Waals surface area contributed by atoms with Crippen LogP contribution in [0.4, 0.5) is 0 Å². The molecule has 1 aromatic heterocycles. The maximum Gasteiger partial charge on any atom is 0.193 e. The van der Waals surface area contributed by atoms with E-state index < -0.39 is 0 Å². The molecule has 1 atom stereocenters. The topological polar surface area (TPSA) is 49.3 Å². The van der Waals surface area contributed by atoms with E-state index in [1.54, 1.807) is 0 Å². The van der Waals surface area contributed by atoms with Gasteiger partial charge in [0.25, 0.3) is 0 Å². The average molecular weight is 417 g/mol. The highest BCUT2D eigenvalue weighted by Gasteiger charge is 2.24. The molecular weight excluding hydrogens is 384 g/mol.